The number of halogens is 1. The van der Waals surface area contributed by atoms with Gasteiger partial charge in [0.25, 0.3) is 5.91 Å². The number of carbonyl (C=O) groups is 1. The summed E-state index contributed by atoms with van der Waals surface area (Å²) in [5.41, 5.74) is 0.887. The van der Waals surface area contributed by atoms with E-state index in [2.05, 4.69) is 0 Å². The molecule has 2 rings (SSSR count). The van der Waals surface area contributed by atoms with Crippen molar-refractivity contribution in [2.45, 2.75) is 26.4 Å². The highest BCUT2D eigenvalue weighted by molar-refractivity contribution is 7.86. The van der Waals surface area contributed by atoms with Gasteiger partial charge in [-0.2, -0.15) is 8.42 Å². The lowest BCUT2D eigenvalue weighted by atomic mass is 10.1. The minimum Gasteiger partial charge on any atom is -0.493 e. The van der Waals surface area contributed by atoms with Crippen LogP contribution >= 0.6 is 0 Å². The molecule has 1 amide bonds. The van der Waals surface area contributed by atoms with E-state index in [1.807, 2.05) is 13.8 Å². The van der Waals surface area contributed by atoms with Gasteiger partial charge >= 0.3 is 10.1 Å². The van der Waals surface area contributed by atoms with E-state index >= 15 is 0 Å². The first kappa shape index (κ1) is 20.7. The highest BCUT2D eigenvalue weighted by Crippen LogP contribution is 2.30. The molecular formula is C19H22FNO5S. The summed E-state index contributed by atoms with van der Waals surface area (Å²) in [5, 5.41) is 0. The van der Waals surface area contributed by atoms with Crippen LogP contribution in [0.3, 0.4) is 0 Å². The van der Waals surface area contributed by atoms with Crippen LogP contribution in [-0.2, 0) is 16.7 Å². The van der Waals surface area contributed by atoms with Crippen LogP contribution < -0.4 is 8.92 Å². The minimum absolute atomic E-state index is 0.0411. The van der Waals surface area contributed by atoms with E-state index in [1.54, 1.807) is 23.1 Å². The molecule has 27 heavy (non-hydrogen) atoms. The number of hydrogen-bond acceptors (Lipinski definition) is 5. The monoisotopic (exact) mass is 395 g/mol. The van der Waals surface area contributed by atoms with E-state index < -0.39 is 15.9 Å². The second-order valence-corrected chi connectivity index (χ2v) is 7.88. The van der Waals surface area contributed by atoms with Gasteiger partial charge in [-0.1, -0.05) is 12.1 Å². The molecule has 0 saturated heterocycles. The summed E-state index contributed by atoms with van der Waals surface area (Å²) in [5.74, 6) is -0.514. The van der Waals surface area contributed by atoms with Gasteiger partial charge in [0, 0.05) is 18.2 Å². The largest absolute Gasteiger partial charge is 0.493 e. The predicted octanol–water partition coefficient (Wildman–Crippen LogP) is 3.22. The maximum absolute atomic E-state index is 13.5. The van der Waals surface area contributed by atoms with Crippen molar-refractivity contribution in [2.75, 3.05) is 13.4 Å². The molecule has 0 heterocycles. The molecule has 0 saturated carbocycles. The lowest BCUT2D eigenvalue weighted by molar-refractivity contribution is 0.0689. The number of ether oxygens (including phenoxy) is 1. The van der Waals surface area contributed by atoms with E-state index in [1.165, 1.54) is 31.4 Å². The average molecular weight is 395 g/mol. The maximum atomic E-state index is 13.5. The Hall–Kier alpha value is -2.61. The van der Waals surface area contributed by atoms with Crippen LogP contribution in [0.2, 0.25) is 0 Å². The molecule has 2 aromatic carbocycles. The predicted molar refractivity (Wildman–Crippen MR) is 99.9 cm³/mol. The molecule has 8 heteroatoms. The molecule has 2 aromatic rings. The summed E-state index contributed by atoms with van der Waals surface area (Å²) < 4.78 is 46.4. The van der Waals surface area contributed by atoms with Crippen LogP contribution in [0.1, 0.15) is 29.8 Å². The van der Waals surface area contributed by atoms with Gasteiger partial charge in [0.2, 0.25) is 0 Å². The van der Waals surface area contributed by atoms with Crippen LogP contribution in [0.15, 0.2) is 42.5 Å². The van der Waals surface area contributed by atoms with Crippen LogP contribution in [0.5, 0.6) is 11.5 Å². The standard InChI is InChI=1S/C19H22FNO5S/c1-13(2)21(19(22)15-6-5-7-16(20)11-15)12-14-8-9-17(25-3)18(10-14)26-27(4,23)24/h5-11,13H,12H2,1-4H3. The number of rotatable bonds is 7. The molecular weight excluding hydrogens is 373 g/mol. The fourth-order valence-corrected chi connectivity index (χ4v) is 2.98. The zero-order chi connectivity index (χ0) is 20.2. The van der Waals surface area contributed by atoms with Gasteiger partial charge in [-0.15, -0.1) is 0 Å². The molecule has 0 unspecified atom stereocenters. The van der Waals surface area contributed by atoms with Crippen molar-refractivity contribution >= 4 is 16.0 Å². The third kappa shape index (κ3) is 5.68. The normalized spacial score (nSPS) is 11.3. The summed E-state index contributed by atoms with van der Waals surface area (Å²) in [6.07, 6.45) is 0.938. The van der Waals surface area contributed by atoms with E-state index in [-0.39, 0.29) is 35.6 Å². The molecule has 0 spiro atoms. The van der Waals surface area contributed by atoms with Crippen molar-refractivity contribution in [3.8, 4) is 11.5 Å². The Morgan fingerprint density at radius 1 is 1.15 bits per heavy atom. The van der Waals surface area contributed by atoms with E-state index in [4.69, 9.17) is 8.92 Å². The van der Waals surface area contributed by atoms with Crippen LogP contribution in [0, 0.1) is 5.82 Å². The lowest BCUT2D eigenvalue weighted by Crippen LogP contribution is -2.36. The summed E-state index contributed by atoms with van der Waals surface area (Å²) in [4.78, 5) is 14.3. The molecule has 0 aliphatic rings. The molecule has 146 valence electrons. The molecule has 0 fully saturated rings. The van der Waals surface area contributed by atoms with Gasteiger partial charge in [-0.05, 0) is 49.7 Å². The van der Waals surface area contributed by atoms with Gasteiger partial charge in [0.05, 0.1) is 13.4 Å². The van der Waals surface area contributed by atoms with Gasteiger partial charge < -0.3 is 13.8 Å². The molecule has 0 bridgehead atoms. The topological polar surface area (TPSA) is 72.9 Å². The first-order valence-electron chi connectivity index (χ1n) is 8.23. The number of methoxy groups -OCH3 is 1. The maximum Gasteiger partial charge on any atom is 0.306 e. The highest BCUT2D eigenvalue weighted by Gasteiger charge is 2.21. The van der Waals surface area contributed by atoms with Crippen molar-refractivity contribution < 1.29 is 26.5 Å². The molecule has 0 aliphatic heterocycles. The number of benzene rings is 2. The summed E-state index contributed by atoms with van der Waals surface area (Å²) in [6, 6.07) is 10.1. The first-order chi connectivity index (χ1) is 12.6. The van der Waals surface area contributed by atoms with E-state index in [0.717, 1.165) is 6.26 Å². The SMILES string of the molecule is COc1ccc(CN(C(=O)c2cccc(F)c2)C(C)C)cc1OS(C)(=O)=O. The third-order valence-electron chi connectivity index (χ3n) is 3.78. The Morgan fingerprint density at radius 2 is 1.85 bits per heavy atom. The van der Waals surface area contributed by atoms with Crippen molar-refractivity contribution in [2.24, 2.45) is 0 Å². The van der Waals surface area contributed by atoms with Crippen LogP contribution in [0.4, 0.5) is 4.39 Å². The number of nitrogens with zero attached hydrogens (tertiary/aromatic N) is 1. The molecule has 0 aliphatic carbocycles. The number of hydrogen-bond donors (Lipinski definition) is 0. The highest BCUT2D eigenvalue weighted by atomic mass is 32.2. The smallest absolute Gasteiger partial charge is 0.306 e. The fraction of sp³-hybridized carbons (Fsp3) is 0.316. The van der Waals surface area contributed by atoms with Gasteiger partial charge in [-0.3, -0.25) is 4.79 Å². The van der Waals surface area contributed by atoms with E-state index in [0.29, 0.717) is 5.56 Å². The summed E-state index contributed by atoms with van der Waals surface area (Å²) in [6.45, 7) is 3.88. The average Bonchev–Trinajstić information content (AvgIpc) is 2.57. The van der Waals surface area contributed by atoms with Gasteiger partial charge in [-0.25, -0.2) is 4.39 Å². The third-order valence-corrected chi connectivity index (χ3v) is 4.26. The van der Waals surface area contributed by atoms with Gasteiger partial charge in [0.15, 0.2) is 11.5 Å². The number of carbonyl (C=O) groups excluding carboxylic acids is 1. The second kappa shape index (κ2) is 8.39. The minimum atomic E-state index is -3.74. The van der Waals surface area contributed by atoms with Crippen molar-refractivity contribution in [1.29, 1.82) is 0 Å². The Labute approximate surface area is 158 Å². The van der Waals surface area contributed by atoms with Crippen molar-refractivity contribution in [3.05, 3.63) is 59.4 Å². The van der Waals surface area contributed by atoms with E-state index in [9.17, 15) is 17.6 Å². The molecule has 0 atom stereocenters. The second-order valence-electron chi connectivity index (χ2n) is 6.31. The molecule has 6 nitrogen and oxygen atoms in total. The fourth-order valence-electron chi connectivity index (χ4n) is 2.52. The molecule has 0 aromatic heterocycles. The Kier molecular flexibility index (Phi) is 6.43. The van der Waals surface area contributed by atoms with Crippen molar-refractivity contribution in [1.82, 2.24) is 4.90 Å². The van der Waals surface area contributed by atoms with Crippen LogP contribution in [0.25, 0.3) is 0 Å². The Morgan fingerprint density at radius 3 is 2.41 bits per heavy atom. The Bertz CT molecular complexity index is 927. The Balaban J connectivity index is 2.33. The molecule has 0 radical (unpaired) electrons. The quantitative estimate of drug-likeness (QED) is 0.673. The zero-order valence-electron chi connectivity index (χ0n) is 15.6. The zero-order valence-corrected chi connectivity index (χ0v) is 16.4. The van der Waals surface area contributed by atoms with Crippen molar-refractivity contribution in [3.63, 3.8) is 0 Å². The van der Waals surface area contributed by atoms with Crippen LogP contribution in [-0.4, -0.2) is 38.6 Å². The number of amides is 1. The van der Waals surface area contributed by atoms with Gasteiger partial charge in [0.1, 0.15) is 5.82 Å². The summed E-state index contributed by atoms with van der Waals surface area (Å²) in [7, 11) is -2.34. The first-order valence-corrected chi connectivity index (χ1v) is 10.1. The molecule has 0 N–H and O–H groups in total. The summed E-state index contributed by atoms with van der Waals surface area (Å²) >= 11 is 0. The lowest BCUT2D eigenvalue weighted by Gasteiger charge is -2.27.